The summed E-state index contributed by atoms with van der Waals surface area (Å²) in [6, 6.07) is 5.65. The Morgan fingerprint density at radius 1 is 1.40 bits per heavy atom. The van der Waals surface area contributed by atoms with Crippen molar-refractivity contribution in [3.05, 3.63) is 24.4 Å². The number of ether oxygens (including phenoxy) is 1. The monoisotopic (exact) mass is 294 g/mol. The zero-order chi connectivity index (χ0) is 14.4. The van der Waals surface area contributed by atoms with Gasteiger partial charge in [-0.05, 0) is 25.0 Å². The minimum Gasteiger partial charge on any atom is -0.469 e. The number of aromatic nitrogens is 1. The van der Waals surface area contributed by atoms with Gasteiger partial charge in [0.05, 0.1) is 23.8 Å². The Bertz CT molecular complexity index is 459. The molecule has 0 unspecified atom stereocenters. The van der Waals surface area contributed by atoms with Gasteiger partial charge in [0.1, 0.15) is 0 Å². The predicted molar refractivity (Wildman–Crippen MR) is 76.3 cm³/mol. The molecule has 0 N–H and O–H groups in total. The van der Waals surface area contributed by atoms with E-state index in [2.05, 4.69) is 4.98 Å². The fourth-order valence-corrected chi connectivity index (χ4v) is 2.95. The molecule has 1 saturated heterocycles. The topological polar surface area (TPSA) is 59.5 Å². The highest BCUT2D eigenvalue weighted by atomic mass is 32.2. The molecule has 1 amide bonds. The van der Waals surface area contributed by atoms with Gasteiger partial charge in [-0.1, -0.05) is 17.8 Å². The fraction of sp³-hybridized carbons (Fsp3) is 0.500. The quantitative estimate of drug-likeness (QED) is 0.623. The van der Waals surface area contributed by atoms with Crippen LogP contribution in [0.5, 0.6) is 0 Å². The normalized spacial score (nSPS) is 15.9. The van der Waals surface area contributed by atoms with Gasteiger partial charge in [-0.3, -0.25) is 9.59 Å². The van der Waals surface area contributed by atoms with Gasteiger partial charge >= 0.3 is 5.97 Å². The largest absolute Gasteiger partial charge is 0.469 e. The number of piperidine rings is 1. The summed E-state index contributed by atoms with van der Waals surface area (Å²) in [6.07, 6.45) is 3.09. The van der Waals surface area contributed by atoms with Gasteiger partial charge in [-0.15, -0.1) is 0 Å². The third-order valence-electron chi connectivity index (χ3n) is 3.36. The number of carbonyl (C=O) groups excluding carboxylic acids is 2. The van der Waals surface area contributed by atoms with E-state index in [0.717, 1.165) is 5.03 Å². The summed E-state index contributed by atoms with van der Waals surface area (Å²) in [4.78, 5) is 29.5. The minimum absolute atomic E-state index is 0.0625. The summed E-state index contributed by atoms with van der Waals surface area (Å²) < 4.78 is 4.74. The Balaban J connectivity index is 1.76. The zero-order valence-corrected chi connectivity index (χ0v) is 12.3. The van der Waals surface area contributed by atoms with E-state index in [-0.39, 0.29) is 17.8 Å². The van der Waals surface area contributed by atoms with Gasteiger partial charge in [-0.25, -0.2) is 4.98 Å². The van der Waals surface area contributed by atoms with Crippen molar-refractivity contribution in [2.45, 2.75) is 17.9 Å². The van der Waals surface area contributed by atoms with Crippen molar-refractivity contribution < 1.29 is 14.3 Å². The lowest BCUT2D eigenvalue weighted by Gasteiger charge is -2.30. The number of amides is 1. The highest BCUT2D eigenvalue weighted by molar-refractivity contribution is 7.99. The van der Waals surface area contributed by atoms with Gasteiger partial charge in [0, 0.05) is 19.3 Å². The summed E-state index contributed by atoms with van der Waals surface area (Å²) >= 11 is 1.44. The van der Waals surface area contributed by atoms with E-state index in [1.165, 1.54) is 18.9 Å². The van der Waals surface area contributed by atoms with Crippen molar-refractivity contribution >= 4 is 23.6 Å². The van der Waals surface area contributed by atoms with E-state index >= 15 is 0 Å². The number of hydrogen-bond acceptors (Lipinski definition) is 5. The Morgan fingerprint density at radius 3 is 2.75 bits per heavy atom. The molecule has 0 bridgehead atoms. The lowest BCUT2D eigenvalue weighted by Crippen LogP contribution is -2.41. The van der Waals surface area contributed by atoms with E-state index in [9.17, 15) is 9.59 Å². The molecule has 1 fully saturated rings. The molecule has 20 heavy (non-hydrogen) atoms. The van der Waals surface area contributed by atoms with Crippen molar-refractivity contribution in [2.75, 3.05) is 26.0 Å². The highest BCUT2D eigenvalue weighted by Gasteiger charge is 2.27. The van der Waals surface area contributed by atoms with Crippen molar-refractivity contribution in [3.63, 3.8) is 0 Å². The second kappa shape index (κ2) is 7.28. The first-order valence-corrected chi connectivity index (χ1v) is 7.58. The van der Waals surface area contributed by atoms with Crippen molar-refractivity contribution in [1.82, 2.24) is 9.88 Å². The molecular weight excluding hydrogens is 276 g/mol. The number of nitrogens with zero attached hydrogens (tertiary/aromatic N) is 2. The number of methoxy groups -OCH3 is 1. The molecule has 0 aliphatic carbocycles. The maximum atomic E-state index is 12.1. The molecular formula is C14H18N2O3S. The van der Waals surface area contributed by atoms with Gasteiger partial charge in [0.2, 0.25) is 5.91 Å². The van der Waals surface area contributed by atoms with Crippen LogP contribution in [0.1, 0.15) is 12.8 Å². The SMILES string of the molecule is COC(=O)C1CCN(C(=O)CSc2ccccn2)CC1. The van der Waals surface area contributed by atoms with E-state index < -0.39 is 0 Å². The summed E-state index contributed by atoms with van der Waals surface area (Å²) in [5, 5.41) is 0.852. The molecule has 0 spiro atoms. The molecule has 0 atom stereocenters. The molecule has 1 aliphatic rings. The number of carbonyl (C=O) groups is 2. The number of esters is 1. The number of thioether (sulfide) groups is 1. The van der Waals surface area contributed by atoms with Crippen LogP contribution >= 0.6 is 11.8 Å². The lowest BCUT2D eigenvalue weighted by atomic mass is 9.97. The van der Waals surface area contributed by atoms with Crippen LogP contribution in [0.4, 0.5) is 0 Å². The van der Waals surface area contributed by atoms with Crippen LogP contribution in [-0.4, -0.2) is 47.7 Å². The maximum Gasteiger partial charge on any atom is 0.308 e. The third kappa shape index (κ3) is 3.96. The molecule has 1 aliphatic heterocycles. The first-order valence-electron chi connectivity index (χ1n) is 6.60. The van der Waals surface area contributed by atoms with Gasteiger partial charge in [0.15, 0.2) is 0 Å². The predicted octanol–water partition coefficient (Wildman–Crippen LogP) is 1.59. The number of pyridine rings is 1. The van der Waals surface area contributed by atoms with Crippen LogP contribution in [-0.2, 0) is 14.3 Å². The molecule has 0 radical (unpaired) electrons. The summed E-state index contributed by atoms with van der Waals surface area (Å²) in [6.45, 7) is 1.25. The fourth-order valence-electron chi connectivity index (χ4n) is 2.19. The van der Waals surface area contributed by atoms with Crippen LogP contribution in [0.2, 0.25) is 0 Å². The molecule has 2 rings (SSSR count). The highest BCUT2D eigenvalue weighted by Crippen LogP contribution is 2.20. The average Bonchev–Trinajstić information content (AvgIpc) is 2.53. The first-order chi connectivity index (χ1) is 9.70. The Hall–Kier alpha value is -1.56. The molecule has 108 valence electrons. The summed E-state index contributed by atoms with van der Waals surface area (Å²) in [5.74, 6) is 0.260. The Kier molecular flexibility index (Phi) is 5.40. The van der Waals surface area contributed by atoms with Crippen LogP contribution in [0, 0.1) is 5.92 Å². The first kappa shape index (κ1) is 14.8. The molecule has 1 aromatic rings. The van der Waals surface area contributed by atoms with Gasteiger partial charge in [0.25, 0.3) is 0 Å². The summed E-state index contributed by atoms with van der Waals surface area (Å²) in [5.41, 5.74) is 0. The maximum absolute atomic E-state index is 12.1. The smallest absolute Gasteiger partial charge is 0.308 e. The van der Waals surface area contributed by atoms with Crippen LogP contribution in [0.3, 0.4) is 0 Å². The molecule has 5 nitrogen and oxygen atoms in total. The van der Waals surface area contributed by atoms with Gasteiger partial charge < -0.3 is 9.64 Å². The third-order valence-corrected chi connectivity index (χ3v) is 4.29. The number of likely N-dealkylation sites (tertiary alicyclic amines) is 1. The zero-order valence-electron chi connectivity index (χ0n) is 11.4. The second-order valence-electron chi connectivity index (χ2n) is 4.63. The second-order valence-corrected chi connectivity index (χ2v) is 5.63. The van der Waals surface area contributed by atoms with Crippen LogP contribution in [0.25, 0.3) is 0 Å². The van der Waals surface area contributed by atoms with E-state index in [1.807, 2.05) is 23.1 Å². The van der Waals surface area contributed by atoms with Crippen molar-refractivity contribution in [3.8, 4) is 0 Å². The van der Waals surface area contributed by atoms with E-state index in [0.29, 0.717) is 31.7 Å². The molecule has 2 heterocycles. The molecule has 0 saturated carbocycles. The number of rotatable bonds is 4. The van der Waals surface area contributed by atoms with E-state index in [1.54, 1.807) is 6.20 Å². The van der Waals surface area contributed by atoms with Gasteiger partial charge in [-0.2, -0.15) is 0 Å². The lowest BCUT2D eigenvalue weighted by molar-refractivity contribution is -0.148. The summed E-state index contributed by atoms with van der Waals surface area (Å²) in [7, 11) is 1.41. The van der Waals surface area contributed by atoms with Crippen molar-refractivity contribution in [2.24, 2.45) is 5.92 Å². The Labute approximate surface area is 122 Å². The van der Waals surface area contributed by atoms with Crippen LogP contribution < -0.4 is 0 Å². The molecule has 0 aromatic carbocycles. The standard InChI is InChI=1S/C14H18N2O3S/c1-19-14(18)11-5-8-16(9-6-11)13(17)10-20-12-4-2-3-7-15-12/h2-4,7,11H,5-6,8-10H2,1H3. The molecule has 6 heteroatoms. The van der Waals surface area contributed by atoms with Crippen LogP contribution in [0.15, 0.2) is 29.4 Å². The number of hydrogen-bond donors (Lipinski definition) is 0. The Morgan fingerprint density at radius 2 is 2.15 bits per heavy atom. The van der Waals surface area contributed by atoms with Crippen molar-refractivity contribution in [1.29, 1.82) is 0 Å². The minimum atomic E-state index is -0.167. The molecule has 1 aromatic heterocycles. The van der Waals surface area contributed by atoms with E-state index in [4.69, 9.17) is 4.74 Å². The average molecular weight is 294 g/mol.